The highest BCUT2D eigenvalue weighted by Crippen LogP contribution is 2.40. The summed E-state index contributed by atoms with van der Waals surface area (Å²) in [5.41, 5.74) is 2.20. The van der Waals surface area contributed by atoms with Crippen LogP contribution in [0.15, 0.2) is 12.1 Å². The van der Waals surface area contributed by atoms with Gasteiger partial charge in [-0.25, -0.2) is 9.78 Å². The van der Waals surface area contributed by atoms with E-state index >= 15 is 0 Å². The molecule has 7 heteroatoms. The van der Waals surface area contributed by atoms with E-state index in [1.165, 1.54) is 18.4 Å². The van der Waals surface area contributed by atoms with E-state index in [4.69, 9.17) is 9.72 Å². The number of rotatable bonds is 2. The molecular weight excluding hydrogens is 324 g/mol. The zero-order valence-electron chi connectivity index (χ0n) is 13.2. The molecule has 1 aromatic carbocycles. The van der Waals surface area contributed by atoms with E-state index in [1.807, 2.05) is 11.0 Å². The molecule has 1 aromatic heterocycles. The molecular formula is C17H18N4O2S. The number of aromatic nitrogens is 1. The molecule has 1 N–H and O–H groups in total. The number of urea groups is 1. The number of hydrogen-bond donors (Lipinski definition) is 1. The minimum absolute atomic E-state index is 0.00685. The molecule has 1 aliphatic carbocycles. The first kappa shape index (κ1) is 13.4. The van der Waals surface area contributed by atoms with Gasteiger partial charge in [-0.15, -0.1) is 0 Å². The van der Waals surface area contributed by atoms with Crippen LogP contribution in [0.3, 0.4) is 0 Å². The van der Waals surface area contributed by atoms with Gasteiger partial charge in [0, 0.05) is 31.1 Å². The minimum Gasteiger partial charge on any atom is -0.493 e. The van der Waals surface area contributed by atoms with Gasteiger partial charge in [0.25, 0.3) is 0 Å². The number of carbonyl (C=O) groups is 1. The summed E-state index contributed by atoms with van der Waals surface area (Å²) in [5.74, 6) is 0.948. The van der Waals surface area contributed by atoms with Crippen molar-refractivity contribution in [1.82, 2.24) is 15.2 Å². The molecule has 2 aromatic rings. The first-order valence-electron chi connectivity index (χ1n) is 8.67. The monoisotopic (exact) mass is 342 g/mol. The van der Waals surface area contributed by atoms with Crippen LogP contribution in [0.2, 0.25) is 0 Å². The summed E-state index contributed by atoms with van der Waals surface area (Å²) in [6, 6.07) is 5.29. The van der Waals surface area contributed by atoms with Crippen LogP contribution >= 0.6 is 11.3 Å². The maximum atomic E-state index is 12.5. The lowest BCUT2D eigenvalue weighted by molar-refractivity contribution is 0.245. The highest BCUT2D eigenvalue weighted by Gasteiger charge is 2.49. The van der Waals surface area contributed by atoms with Gasteiger partial charge in [0.1, 0.15) is 5.75 Å². The van der Waals surface area contributed by atoms with E-state index in [9.17, 15) is 4.79 Å². The summed E-state index contributed by atoms with van der Waals surface area (Å²) in [6.07, 6.45) is 3.52. The Morgan fingerprint density at radius 1 is 1.29 bits per heavy atom. The Labute approximate surface area is 143 Å². The zero-order valence-corrected chi connectivity index (χ0v) is 14.0. The van der Waals surface area contributed by atoms with Crippen molar-refractivity contribution in [2.75, 3.05) is 24.6 Å². The average Bonchev–Trinajstić information content (AvgIpc) is 2.92. The van der Waals surface area contributed by atoms with Gasteiger partial charge in [0.05, 0.1) is 28.9 Å². The standard InChI is InChI=1S/C17H18N4O2S/c22-16-18-11-7-20(9-1-2-9)8-12(11)21(16)17-19-15-10-5-6-23-13(10)3-4-14(15)24-17/h3-4,9,11-12H,1-2,5-8H2,(H,18,22)/t11-,12+/m0/s1. The summed E-state index contributed by atoms with van der Waals surface area (Å²) >= 11 is 1.62. The summed E-state index contributed by atoms with van der Waals surface area (Å²) in [5, 5.41) is 3.99. The molecule has 0 spiro atoms. The molecule has 1 saturated carbocycles. The molecule has 3 fully saturated rings. The number of nitrogens with one attached hydrogen (secondary N) is 1. The van der Waals surface area contributed by atoms with Crippen molar-refractivity contribution in [2.45, 2.75) is 37.4 Å². The molecule has 24 heavy (non-hydrogen) atoms. The number of thiazole rings is 1. The van der Waals surface area contributed by atoms with Gasteiger partial charge in [-0.3, -0.25) is 9.80 Å². The van der Waals surface area contributed by atoms with Crippen molar-refractivity contribution in [3.8, 4) is 5.75 Å². The summed E-state index contributed by atoms with van der Waals surface area (Å²) < 4.78 is 6.79. The van der Waals surface area contributed by atoms with E-state index in [0.29, 0.717) is 0 Å². The summed E-state index contributed by atoms with van der Waals surface area (Å²) in [7, 11) is 0. The van der Waals surface area contributed by atoms with Crippen molar-refractivity contribution >= 4 is 32.7 Å². The fraction of sp³-hybridized carbons (Fsp3) is 0.529. The molecule has 4 heterocycles. The molecule has 0 unspecified atom stereocenters. The second-order valence-electron chi connectivity index (χ2n) is 7.16. The predicted octanol–water partition coefficient (Wildman–Crippen LogP) is 1.98. The van der Waals surface area contributed by atoms with Crippen LogP contribution in [0, 0.1) is 0 Å². The second kappa shape index (κ2) is 4.61. The first-order valence-corrected chi connectivity index (χ1v) is 9.48. The summed E-state index contributed by atoms with van der Waals surface area (Å²) in [4.78, 5) is 21.8. The first-order chi connectivity index (χ1) is 11.8. The molecule has 6 nitrogen and oxygen atoms in total. The topological polar surface area (TPSA) is 57.7 Å². The lowest BCUT2D eigenvalue weighted by Crippen LogP contribution is -2.39. The lowest BCUT2D eigenvalue weighted by Gasteiger charge is -2.21. The lowest BCUT2D eigenvalue weighted by atomic mass is 10.1. The number of anilines is 1. The maximum Gasteiger partial charge on any atom is 0.324 e. The minimum atomic E-state index is 0.00685. The third-order valence-electron chi connectivity index (χ3n) is 5.67. The van der Waals surface area contributed by atoms with Crippen LogP contribution in [0.1, 0.15) is 18.4 Å². The van der Waals surface area contributed by atoms with Crippen LogP contribution in [0.5, 0.6) is 5.75 Å². The molecule has 4 aliphatic rings. The van der Waals surface area contributed by atoms with Crippen molar-refractivity contribution in [3.05, 3.63) is 17.7 Å². The highest BCUT2D eigenvalue weighted by atomic mass is 32.1. The normalized spacial score (nSPS) is 29.0. The van der Waals surface area contributed by atoms with Crippen LogP contribution in [0.25, 0.3) is 10.2 Å². The smallest absolute Gasteiger partial charge is 0.324 e. The molecule has 0 bridgehead atoms. The number of benzene rings is 1. The Balaban J connectivity index is 1.39. The van der Waals surface area contributed by atoms with E-state index in [2.05, 4.69) is 16.3 Å². The fourth-order valence-corrected chi connectivity index (χ4v) is 5.38. The molecule has 6 rings (SSSR count). The van der Waals surface area contributed by atoms with Gasteiger partial charge in [0.2, 0.25) is 0 Å². The number of amides is 2. The Bertz CT molecular complexity index is 862. The Kier molecular flexibility index (Phi) is 2.58. The van der Waals surface area contributed by atoms with Crippen LogP contribution in [-0.4, -0.2) is 53.7 Å². The van der Waals surface area contributed by atoms with Gasteiger partial charge >= 0.3 is 6.03 Å². The van der Waals surface area contributed by atoms with E-state index in [0.717, 1.165) is 53.3 Å². The number of fused-ring (bicyclic) bond motifs is 4. The Hall–Kier alpha value is -1.86. The second-order valence-corrected chi connectivity index (χ2v) is 8.17. The number of likely N-dealkylation sites (tertiary alicyclic amines) is 1. The van der Waals surface area contributed by atoms with Gasteiger partial charge in [0.15, 0.2) is 5.13 Å². The van der Waals surface area contributed by atoms with Crippen LogP contribution in [0.4, 0.5) is 9.93 Å². The van der Waals surface area contributed by atoms with Gasteiger partial charge in [-0.2, -0.15) is 0 Å². The van der Waals surface area contributed by atoms with Crippen molar-refractivity contribution in [3.63, 3.8) is 0 Å². The fourth-order valence-electron chi connectivity index (χ4n) is 4.33. The third kappa shape index (κ3) is 1.79. The maximum absolute atomic E-state index is 12.5. The van der Waals surface area contributed by atoms with Crippen molar-refractivity contribution in [1.29, 1.82) is 0 Å². The van der Waals surface area contributed by atoms with Gasteiger partial charge in [-0.1, -0.05) is 11.3 Å². The summed E-state index contributed by atoms with van der Waals surface area (Å²) in [6.45, 7) is 2.67. The molecule has 2 atom stereocenters. The highest BCUT2D eigenvalue weighted by molar-refractivity contribution is 7.22. The van der Waals surface area contributed by atoms with Gasteiger partial charge < -0.3 is 10.1 Å². The number of carbonyl (C=O) groups excluding carboxylic acids is 1. The predicted molar refractivity (Wildman–Crippen MR) is 92.0 cm³/mol. The quantitative estimate of drug-likeness (QED) is 0.907. The molecule has 124 valence electrons. The van der Waals surface area contributed by atoms with Crippen molar-refractivity contribution < 1.29 is 9.53 Å². The van der Waals surface area contributed by atoms with E-state index in [1.54, 1.807) is 11.3 Å². The molecule has 2 saturated heterocycles. The Morgan fingerprint density at radius 3 is 3.08 bits per heavy atom. The van der Waals surface area contributed by atoms with E-state index < -0.39 is 0 Å². The zero-order chi connectivity index (χ0) is 15.8. The molecule has 3 aliphatic heterocycles. The number of hydrogen-bond acceptors (Lipinski definition) is 5. The van der Waals surface area contributed by atoms with Crippen LogP contribution in [-0.2, 0) is 6.42 Å². The van der Waals surface area contributed by atoms with Crippen molar-refractivity contribution in [2.24, 2.45) is 0 Å². The van der Waals surface area contributed by atoms with Crippen LogP contribution < -0.4 is 15.0 Å². The van der Waals surface area contributed by atoms with Gasteiger partial charge in [-0.05, 0) is 25.0 Å². The molecule has 0 radical (unpaired) electrons. The SMILES string of the molecule is O=C1N[C@H]2CN(C3CC3)C[C@H]2N1c1nc2c3c(ccc2s1)OCC3. The Morgan fingerprint density at radius 2 is 2.21 bits per heavy atom. The average molecular weight is 342 g/mol. The largest absolute Gasteiger partial charge is 0.493 e. The van der Waals surface area contributed by atoms with E-state index in [-0.39, 0.29) is 18.1 Å². The molecule has 2 amide bonds. The number of ether oxygens (including phenoxy) is 1. The third-order valence-corrected chi connectivity index (χ3v) is 6.69. The number of nitrogens with zero attached hydrogens (tertiary/aromatic N) is 3.